The number of allylic oxidation sites excluding steroid dienone is 2. The van der Waals surface area contributed by atoms with Crippen LogP contribution in [0.5, 0.6) is 0 Å². The Morgan fingerprint density at radius 3 is 2.50 bits per heavy atom. The molecule has 0 amide bonds. The largest absolute Gasteiger partial charge is 0.363 e. The minimum atomic E-state index is -0.226. The Hall–Kier alpha value is -0.890. The first-order valence-corrected chi connectivity index (χ1v) is 6.40. The number of fused-ring (bicyclic) bond motifs is 2. The van der Waals surface area contributed by atoms with Crippen LogP contribution >= 0.6 is 0 Å². The molecule has 1 spiro atoms. The van der Waals surface area contributed by atoms with Gasteiger partial charge < -0.3 is 4.74 Å². The van der Waals surface area contributed by atoms with Crippen molar-refractivity contribution in [1.82, 2.24) is 0 Å². The van der Waals surface area contributed by atoms with E-state index in [1.165, 1.54) is 38.5 Å². The van der Waals surface area contributed by atoms with Crippen molar-refractivity contribution in [3.63, 3.8) is 0 Å². The molecule has 3 aliphatic rings. The lowest BCUT2D eigenvalue weighted by atomic mass is 9.70. The number of carbonyl (C=O) groups is 1. The molecule has 3 rings (SSSR count). The van der Waals surface area contributed by atoms with E-state index < -0.39 is 0 Å². The Bertz CT molecular complexity index is 338. The van der Waals surface area contributed by atoms with Crippen LogP contribution in [0.25, 0.3) is 0 Å². The van der Waals surface area contributed by atoms with Crippen LogP contribution in [0.1, 0.15) is 38.5 Å². The SMILES string of the molecule is O=C1C=CC2(C=C1)O[C@@H]1CCCCCC[C@H]12. The van der Waals surface area contributed by atoms with Gasteiger partial charge in [0.05, 0.1) is 6.10 Å². The minimum Gasteiger partial charge on any atom is -0.363 e. The van der Waals surface area contributed by atoms with Gasteiger partial charge in [0, 0.05) is 5.92 Å². The lowest BCUT2D eigenvalue weighted by molar-refractivity contribution is -0.215. The molecule has 0 radical (unpaired) electrons. The number of carbonyl (C=O) groups excluding carboxylic acids is 1. The topological polar surface area (TPSA) is 26.3 Å². The third-order valence-corrected chi connectivity index (χ3v) is 4.15. The molecule has 1 saturated heterocycles. The van der Waals surface area contributed by atoms with Crippen molar-refractivity contribution in [1.29, 1.82) is 0 Å². The summed E-state index contributed by atoms with van der Waals surface area (Å²) in [5.41, 5.74) is -0.226. The van der Waals surface area contributed by atoms with E-state index in [0.29, 0.717) is 12.0 Å². The highest BCUT2D eigenvalue weighted by atomic mass is 16.5. The van der Waals surface area contributed by atoms with E-state index in [-0.39, 0.29) is 11.4 Å². The molecule has 0 aromatic rings. The maximum absolute atomic E-state index is 11.1. The summed E-state index contributed by atoms with van der Waals surface area (Å²) in [6.45, 7) is 0. The Morgan fingerprint density at radius 2 is 1.75 bits per heavy atom. The van der Waals surface area contributed by atoms with Crippen LogP contribution in [-0.2, 0) is 9.53 Å². The van der Waals surface area contributed by atoms with Crippen LogP contribution in [0.15, 0.2) is 24.3 Å². The lowest BCUT2D eigenvalue weighted by Gasteiger charge is -2.54. The smallest absolute Gasteiger partial charge is 0.178 e. The summed E-state index contributed by atoms with van der Waals surface area (Å²) < 4.78 is 6.03. The molecule has 1 aliphatic heterocycles. The van der Waals surface area contributed by atoms with Gasteiger partial charge in [-0.05, 0) is 37.1 Å². The molecule has 0 unspecified atom stereocenters. The summed E-state index contributed by atoms with van der Waals surface area (Å²) >= 11 is 0. The maximum atomic E-state index is 11.1. The molecule has 1 saturated carbocycles. The van der Waals surface area contributed by atoms with E-state index in [9.17, 15) is 4.79 Å². The maximum Gasteiger partial charge on any atom is 0.178 e. The molecule has 0 bridgehead atoms. The van der Waals surface area contributed by atoms with Crippen LogP contribution < -0.4 is 0 Å². The fraction of sp³-hybridized carbons (Fsp3) is 0.643. The van der Waals surface area contributed by atoms with Gasteiger partial charge in [0.2, 0.25) is 0 Å². The molecule has 1 heterocycles. The molecule has 86 valence electrons. The molecule has 16 heavy (non-hydrogen) atoms. The fourth-order valence-electron chi connectivity index (χ4n) is 3.25. The number of ether oxygens (including phenoxy) is 1. The molecule has 2 nitrogen and oxygen atoms in total. The average molecular weight is 218 g/mol. The van der Waals surface area contributed by atoms with Crippen LogP contribution in [0, 0.1) is 5.92 Å². The van der Waals surface area contributed by atoms with E-state index in [4.69, 9.17) is 4.74 Å². The first kappa shape index (κ1) is 10.3. The summed E-state index contributed by atoms with van der Waals surface area (Å²) in [7, 11) is 0. The fourth-order valence-corrected chi connectivity index (χ4v) is 3.25. The summed E-state index contributed by atoms with van der Waals surface area (Å²) in [6.07, 6.45) is 15.4. The van der Waals surface area contributed by atoms with Gasteiger partial charge >= 0.3 is 0 Å². The predicted molar refractivity (Wildman–Crippen MR) is 62.1 cm³/mol. The standard InChI is InChI=1S/C14H18O2/c15-11-7-9-14(10-8-11)12-5-3-1-2-4-6-13(12)16-14/h7-10,12-13H,1-6H2/t12-,13-/m1/s1. The van der Waals surface area contributed by atoms with Crippen molar-refractivity contribution in [2.24, 2.45) is 5.92 Å². The lowest BCUT2D eigenvalue weighted by Crippen LogP contribution is -2.58. The van der Waals surface area contributed by atoms with Crippen molar-refractivity contribution in [3.05, 3.63) is 24.3 Å². The van der Waals surface area contributed by atoms with Crippen molar-refractivity contribution in [3.8, 4) is 0 Å². The second kappa shape index (κ2) is 3.85. The van der Waals surface area contributed by atoms with Gasteiger partial charge in [0.25, 0.3) is 0 Å². The summed E-state index contributed by atoms with van der Waals surface area (Å²) in [6, 6.07) is 0. The highest BCUT2D eigenvalue weighted by Gasteiger charge is 2.52. The molecule has 2 atom stereocenters. The van der Waals surface area contributed by atoms with Gasteiger partial charge in [-0.3, -0.25) is 4.79 Å². The van der Waals surface area contributed by atoms with Gasteiger partial charge in [0.15, 0.2) is 5.78 Å². The van der Waals surface area contributed by atoms with Gasteiger partial charge in [0.1, 0.15) is 5.60 Å². The van der Waals surface area contributed by atoms with Crippen molar-refractivity contribution in [2.75, 3.05) is 0 Å². The number of rotatable bonds is 0. The Labute approximate surface area is 96.4 Å². The van der Waals surface area contributed by atoms with Crippen LogP contribution in [-0.4, -0.2) is 17.5 Å². The van der Waals surface area contributed by atoms with Crippen LogP contribution in [0.4, 0.5) is 0 Å². The Morgan fingerprint density at radius 1 is 1.06 bits per heavy atom. The highest BCUT2D eigenvalue weighted by molar-refractivity contribution is 6.00. The zero-order chi connectivity index (χ0) is 11.0. The summed E-state index contributed by atoms with van der Waals surface area (Å²) in [5, 5.41) is 0. The van der Waals surface area contributed by atoms with Crippen molar-refractivity contribution >= 4 is 5.78 Å². The first-order chi connectivity index (χ1) is 7.80. The zero-order valence-corrected chi connectivity index (χ0v) is 9.52. The molecular formula is C14H18O2. The van der Waals surface area contributed by atoms with Crippen LogP contribution in [0.2, 0.25) is 0 Å². The molecule has 0 aromatic carbocycles. The Kier molecular flexibility index (Phi) is 2.47. The number of hydrogen-bond donors (Lipinski definition) is 0. The molecular weight excluding hydrogens is 200 g/mol. The molecule has 0 aromatic heterocycles. The first-order valence-electron chi connectivity index (χ1n) is 6.40. The molecule has 2 heteroatoms. The van der Waals surface area contributed by atoms with E-state index in [2.05, 4.69) is 0 Å². The van der Waals surface area contributed by atoms with Crippen molar-refractivity contribution < 1.29 is 9.53 Å². The van der Waals surface area contributed by atoms with Gasteiger partial charge in [-0.1, -0.05) is 25.7 Å². The van der Waals surface area contributed by atoms with E-state index >= 15 is 0 Å². The monoisotopic (exact) mass is 218 g/mol. The third kappa shape index (κ3) is 1.56. The van der Waals surface area contributed by atoms with Gasteiger partial charge in [-0.15, -0.1) is 0 Å². The molecule has 2 fully saturated rings. The second-order valence-corrected chi connectivity index (χ2v) is 5.18. The third-order valence-electron chi connectivity index (χ3n) is 4.15. The number of hydrogen-bond acceptors (Lipinski definition) is 2. The second-order valence-electron chi connectivity index (χ2n) is 5.18. The molecule has 0 N–H and O–H groups in total. The summed E-state index contributed by atoms with van der Waals surface area (Å²) in [5.74, 6) is 0.692. The predicted octanol–water partition coefficient (Wildman–Crippen LogP) is 2.79. The minimum absolute atomic E-state index is 0.0866. The van der Waals surface area contributed by atoms with E-state index in [1.54, 1.807) is 12.2 Å². The normalized spacial score (nSPS) is 36.4. The quantitative estimate of drug-likeness (QED) is 0.625. The highest BCUT2D eigenvalue weighted by Crippen LogP contribution is 2.48. The summed E-state index contributed by atoms with van der Waals surface area (Å²) in [4.78, 5) is 11.1. The van der Waals surface area contributed by atoms with E-state index in [1.807, 2.05) is 12.2 Å². The Balaban J connectivity index is 1.77. The van der Waals surface area contributed by atoms with Crippen LogP contribution in [0.3, 0.4) is 0 Å². The van der Waals surface area contributed by atoms with Crippen molar-refractivity contribution in [2.45, 2.75) is 50.2 Å². The van der Waals surface area contributed by atoms with E-state index in [0.717, 1.165) is 0 Å². The molecule has 2 aliphatic carbocycles. The van der Waals surface area contributed by atoms with Gasteiger partial charge in [-0.25, -0.2) is 0 Å². The average Bonchev–Trinajstić information content (AvgIpc) is 2.25. The zero-order valence-electron chi connectivity index (χ0n) is 9.52. The number of ketones is 1. The van der Waals surface area contributed by atoms with Gasteiger partial charge in [-0.2, -0.15) is 0 Å².